The van der Waals surface area contributed by atoms with Gasteiger partial charge in [0.15, 0.2) is 0 Å². The lowest BCUT2D eigenvalue weighted by Crippen LogP contribution is -2.45. The average molecular weight is 363 g/mol. The van der Waals surface area contributed by atoms with Crippen molar-refractivity contribution in [2.24, 2.45) is 0 Å². The molecule has 0 aromatic heterocycles. The van der Waals surface area contributed by atoms with E-state index < -0.39 is 0 Å². The SMILES string of the molecule is Clc1cccc(N2CCN(Cc3cccc(-c4ccccc4)c3)CC2)c1. The lowest BCUT2D eigenvalue weighted by Gasteiger charge is -2.36. The number of rotatable bonds is 4. The molecule has 0 aliphatic carbocycles. The molecule has 4 rings (SSSR count). The first-order chi connectivity index (χ1) is 12.8. The number of hydrogen-bond acceptors (Lipinski definition) is 2. The van der Waals surface area contributed by atoms with Gasteiger partial charge in [-0.3, -0.25) is 4.90 Å². The Kier molecular flexibility index (Phi) is 5.24. The van der Waals surface area contributed by atoms with Crippen LogP contribution in [-0.2, 0) is 6.54 Å². The third-order valence-corrected chi connectivity index (χ3v) is 5.22. The van der Waals surface area contributed by atoms with Crippen LogP contribution in [0.3, 0.4) is 0 Å². The number of anilines is 1. The van der Waals surface area contributed by atoms with Gasteiger partial charge in [0.05, 0.1) is 0 Å². The second-order valence-electron chi connectivity index (χ2n) is 6.81. The van der Waals surface area contributed by atoms with Gasteiger partial charge in [0.25, 0.3) is 0 Å². The van der Waals surface area contributed by atoms with Gasteiger partial charge in [0.2, 0.25) is 0 Å². The number of halogens is 1. The summed E-state index contributed by atoms with van der Waals surface area (Å²) in [6.07, 6.45) is 0. The van der Waals surface area contributed by atoms with Crippen molar-refractivity contribution in [1.82, 2.24) is 4.90 Å². The maximum Gasteiger partial charge on any atom is 0.0426 e. The van der Waals surface area contributed by atoms with E-state index in [-0.39, 0.29) is 0 Å². The first kappa shape index (κ1) is 17.1. The van der Waals surface area contributed by atoms with Gasteiger partial charge in [-0.05, 0) is 41.0 Å². The van der Waals surface area contributed by atoms with Gasteiger partial charge in [-0.1, -0.05) is 66.2 Å². The summed E-state index contributed by atoms with van der Waals surface area (Å²) >= 11 is 6.13. The highest BCUT2D eigenvalue weighted by atomic mass is 35.5. The van der Waals surface area contributed by atoms with Crippen molar-refractivity contribution >= 4 is 17.3 Å². The molecule has 0 saturated carbocycles. The summed E-state index contributed by atoms with van der Waals surface area (Å²) in [6.45, 7) is 5.23. The van der Waals surface area contributed by atoms with Crippen molar-refractivity contribution in [2.75, 3.05) is 31.1 Å². The van der Waals surface area contributed by atoms with Gasteiger partial charge in [-0.25, -0.2) is 0 Å². The molecule has 3 heteroatoms. The first-order valence-corrected chi connectivity index (χ1v) is 9.53. The molecule has 3 aromatic rings. The normalized spacial score (nSPS) is 15.2. The topological polar surface area (TPSA) is 6.48 Å². The summed E-state index contributed by atoms with van der Waals surface area (Å²) in [4.78, 5) is 4.95. The van der Waals surface area contributed by atoms with E-state index in [2.05, 4.69) is 76.5 Å². The molecule has 0 spiro atoms. The van der Waals surface area contributed by atoms with Crippen LogP contribution in [0.5, 0.6) is 0 Å². The van der Waals surface area contributed by atoms with E-state index in [4.69, 9.17) is 11.6 Å². The van der Waals surface area contributed by atoms with Crippen LogP contribution in [0.2, 0.25) is 5.02 Å². The smallest absolute Gasteiger partial charge is 0.0426 e. The van der Waals surface area contributed by atoms with Gasteiger partial charge in [-0.15, -0.1) is 0 Å². The summed E-state index contributed by atoms with van der Waals surface area (Å²) in [6, 6.07) is 27.7. The molecule has 1 saturated heterocycles. The zero-order chi connectivity index (χ0) is 17.8. The zero-order valence-electron chi connectivity index (χ0n) is 14.8. The lowest BCUT2D eigenvalue weighted by atomic mass is 10.0. The minimum Gasteiger partial charge on any atom is -0.369 e. The second kappa shape index (κ2) is 7.94. The van der Waals surface area contributed by atoms with Crippen molar-refractivity contribution in [1.29, 1.82) is 0 Å². The van der Waals surface area contributed by atoms with E-state index in [0.29, 0.717) is 0 Å². The molecule has 132 valence electrons. The Balaban J connectivity index is 1.39. The predicted octanol–water partition coefficient (Wildman–Crippen LogP) is 5.33. The van der Waals surface area contributed by atoms with Crippen LogP contribution < -0.4 is 4.90 Å². The van der Waals surface area contributed by atoms with Gasteiger partial charge in [0.1, 0.15) is 0 Å². The van der Waals surface area contributed by atoms with Crippen LogP contribution in [0.1, 0.15) is 5.56 Å². The van der Waals surface area contributed by atoms with Crippen molar-refractivity contribution in [3.8, 4) is 11.1 Å². The third kappa shape index (κ3) is 4.09. The Hall–Kier alpha value is -2.29. The number of nitrogens with zero attached hydrogens (tertiary/aromatic N) is 2. The van der Waals surface area contributed by atoms with E-state index in [1.165, 1.54) is 22.4 Å². The van der Waals surface area contributed by atoms with Gasteiger partial charge in [-0.2, -0.15) is 0 Å². The minimum absolute atomic E-state index is 0.808. The van der Waals surface area contributed by atoms with E-state index in [1.807, 2.05) is 12.1 Å². The summed E-state index contributed by atoms with van der Waals surface area (Å²) < 4.78 is 0. The molecule has 26 heavy (non-hydrogen) atoms. The largest absolute Gasteiger partial charge is 0.369 e. The maximum absolute atomic E-state index is 6.13. The van der Waals surface area contributed by atoms with Crippen LogP contribution in [0.25, 0.3) is 11.1 Å². The third-order valence-electron chi connectivity index (χ3n) is 4.99. The first-order valence-electron chi connectivity index (χ1n) is 9.15. The average Bonchev–Trinajstić information content (AvgIpc) is 2.69. The van der Waals surface area contributed by atoms with Crippen molar-refractivity contribution in [3.05, 3.63) is 89.4 Å². The second-order valence-corrected chi connectivity index (χ2v) is 7.25. The lowest BCUT2D eigenvalue weighted by molar-refractivity contribution is 0.250. The number of benzene rings is 3. The summed E-state index contributed by atoms with van der Waals surface area (Å²) in [7, 11) is 0. The Labute approximate surface area is 160 Å². The zero-order valence-corrected chi connectivity index (χ0v) is 15.6. The van der Waals surface area contributed by atoms with E-state index in [9.17, 15) is 0 Å². The van der Waals surface area contributed by atoms with Crippen molar-refractivity contribution < 1.29 is 0 Å². The fourth-order valence-corrected chi connectivity index (χ4v) is 3.76. The van der Waals surface area contributed by atoms with E-state index >= 15 is 0 Å². The molecule has 0 radical (unpaired) electrons. The van der Waals surface area contributed by atoms with Gasteiger partial charge < -0.3 is 4.90 Å². The van der Waals surface area contributed by atoms with Crippen LogP contribution in [-0.4, -0.2) is 31.1 Å². The Morgan fingerprint density at radius 1 is 0.692 bits per heavy atom. The Bertz CT molecular complexity index is 855. The fourth-order valence-electron chi connectivity index (χ4n) is 3.58. The van der Waals surface area contributed by atoms with Gasteiger partial charge in [0, 0.05) is 43.4 Å². The summed E-state index contributed by atoms with van der Waals surface area (Å²) in [5.74, 6) is 0. The molecule has 0 atom stereocenters. The highest BCUT2D eigenvalue weighted by Gasteiger charge is 2.17. The quantitative estimate of drug-likeness (QED) is 0.619. The molecule has 2 nitrogen and oxygen atoms in total. The van der Waals surface area contributed by atoms with Crippen LogP contribution >= 0.6 is 11.6 Å². The Morgan fingerprint density at radius 2 is 1.42 bits per heavy atom. The molecule has 0 amide bonds. The summed E-state index contributed by atoms with van der Waals surface area (Å²) in [5, 5.41) is 0.808. The number of piperazine rings is 1. The molecule has 1 aliphatic heterocycles. The van der Waals surface area contributed by atoms with Crippen molar-refractivity contribution in [2.45, 2.75) is 6.54 Å². The molecule has 3 aromatic carbocycles. The monoisotopic (exact) mass is 362 g/mol. The standard InChI is InChI=1S/C23H23ClN2/c24-22-10-5-11-23(17-22)26-14-12-25(13-15-26)18-19-6-4-9-21(16-19)20-7-2-1-3-8-20/h1-11,16-17H,12-15,18H2. The van der Waals surface area contributed by atoms with Crippen LogP contribution in [0.15, 0.2) is 78.9 Å². The van der Waals surface area contributed by atoms with Crippen molar-refractivity contribution in [3.63, 3.8) is 0 Å². The molecule has 1 fully saturated rings. The molecule has 0 bridgehead atoms. The Morgan fingerprint density at radius 3 is 2.19 bits per heavy atom. The highest BCUT2D eigenvalue weighted by Crippen LogP contribution is 2.23. The summed E-state index contributed by atoms with van der Waals surface area (Å²) in [5.41, 5.74) is 5.17. The fraction of sp³-hybridized carbons (Fsp3) is 0.217. The molecule has 0 N–H and O–H groups in total. The minimum atomic E-state index is 0.808. The maximum atomic E-state index is 6.13. The van der Waals surface area contributed by atoms with E-state index in [1.54, 1.807) is 0 Å². The van der Waals surface area contributed by atoms with Gasteiger partial charge >= 0.3 is 0 Å². The van der Waals surface area contributed by atoms with Crippen LogP contribution in [0.4, 0.5) is 5.69 Å². The molecular weight excluding hydrogens is 340 g/mol. The molecular formula is C23H23ClN2. The number of hydrogen-bond donors (Lipinski definition) is 0. The molecule has 0 unspecified atom stereocenters. The highest BCUT2D eigenvalue weighted by molar-refractivity contribution is 6.30. The van der Waals surface area contributed by atoms with Crippen LogP contribution in [0, 0.1) is 0 Å². The molecule has 1 aliphatic rings. The predicted molar refractivity (Wildman–Crippen MR) is 111 cm³/mol. The molecule has 1 heterocycles. The van der Waals surface area contributed by atoms with E-state index in [0.717, 1.165) is 37.7 Å².